The third-order valence-electron chi connectivity index (χ3n) is 3.81. The fraction of sp³-hybridized carbons (Fsp3) is 0.429. The molecule has 1 atom stereocenters. The normalized spacial score (nSPS) is 19.3. The van der Waals surface area contributed by atoms with Crippen LogP contribution in [-0.2, 0) is 6.42 Å². The smallest absolute Gasteiger partial charge is 0.356 e. The Labute approximate surface area is 116 Å². The van der Waals surface area contributed by atoms with Crippen LogP contribution in [0.25, 0.3) is 5.52 Å². The summed E-state index contributed by atoms with van der Waals surface area (Å²) in [5.41, 5.74) is 6.94. The fourth-order valence-corrected chi connectivity index (χ4v) is 2.82. The zero-order chi connectivity index (χ0) is 14.1. The molecule has 2 aromatic heterocycles. The molecule has 1 fully saturated rings. The van der Waals surface area contributed by atoms with Gasteiger partial charge in [-0.3, -0.25) is 0 Å². The first-order valence-electron chi connectivity index (χ1n) is 6.85. The van der Waals surface area contributed by atoms with Gasteiger partial charge in [-0.25, -0.2) is 9.78 Å². The minimum atomic E-state index is -1.01. The number of hydrogen-bond acceptors (Lipinski definition) is 4. The second-order valence-corrected chi connectivity index (χ2v) is 5.31. The van der Waals surface area contributed by atoms with Crippen LogP contribution in [0.3, 0.4) is 0 Å². The summed E-state index contributed by atoms with van der Waals surface area (Å²) in [4.78, 5) is 15.6. The molecule has 106 valence electrons. The van der Waals surface area contributed by atoms with E-state index in [1.165, 1.54) is 0 Å². The minimum absolute atomic E-state index is 0.0797. The summed E-state index contributed by atoms with van der Waals surface area (Å²) in [6.07, 6.45) is 4.90. The summed E-state index contributed by atoms with van der Waals surface area (Å²) in [7, 11) is 0. The Morgan fingerprint density at radius 1 is 1.60 bits per heavy atom. The second-order valence-electron chi connectivity index (χ2n) is 5.31. The Morgan fingerprint density at radius 2 is 2.45 bits per heavy atom. The molecular weight excluding hydrogens is 256 g/mol. The Morgan fingerprint density at radius 3 is 3.15 bits per heavy atom. The summed E-state index contributed by atoms with van der Waals surface area (Å²) >= 11 is 0. The van der Waals surface area contributed by atoms with Crippen LogP contribution in [0.15, 0.2) is 18.3 Å². The number of fused-ring (bicyclic) bond motifs is 1. The van der Waals surface area contributed by atoms with Gasteiger partial charge in [0.2, 0.25) is 0 Å². The lowest BCUT2D eigenvalue weighted by Gasteiger charge is -2.21. The highest BCUT2D eigenvalue weighted by Crippen LogP contribution is 2.21. The minimum Gasteiger partial charge on any atom is -0.476 e. The van der Waals surface area contributed by atoms with E-state index >= 15 is 0 Å². The van der Waals surface area contributed by atoms with Gasteiger partial charge in [-0.1, -0.05) is 0 Å². The van der Waals surface area contributed by atoms with E-state index in [1.807, 2.05) is 4.40 Å². The number of aromatic nitrogens is 2. The lowest BCUT2D eigenvalue weighted by molar-refractivity contribution is 0.0693. The summed E-state index contributed by atoms with van der Waals surface area (Å²) in [5.74, 6) is 0.292. The van der Waals surface area contributed by atoms with E-state index in [0.29, 0.717) is 17.1 Å². The van der Waals surface area contributed by atoms with Crippen molar-refractivity contribution in [2.45, 2.75) is 19.3 Å². The molecule has 6 nitrogen and oxygen atoms in total. The average molecular weight is 274 g/mol. The Bertz CT molecular complexity index is 644. The van der Waals surface area contributed by atoms with E-state index in [9.17, 15) is 9.90 Å². The predicted molar refractivity (Wildman–Crippen MR) is 75.9 cm³/mol. The molecule has 0 aliphatic carbocycles. The van der Waals surface area contributed by atoms with E-state index < -0.39 is 5.97 Å². The van der Waals surface area contributed by atoms with E-state index in [1.54, 1.807) is 18.3 Å². The zero-order valence-electron chi connectivity index (χ0n) is 11.2. The van der Waals surface area contributed by atoms with Gasteiger partial charge in [-0.2, -0.15) is 0 Å². The third-order valence-corrected chi connectivity index (χ3v) is 3.81. The summed E-state index contributed by atoms with van der Waals surface area (Å²) < 4.78 is 1.84. The number of anilines is 1. The topological polar surface area (TPSA) is 92.7 Å². The molecule has 0 spiro atoms. The monoisotopic (exact) mass is 274 g/mol. The number of carbonyl (C=O) groups is 1. The van der Waals surface area contributed by atoms with Crippen LogP contribution in [0, 0.1) is 5.92 Å². The van der Waals surface area contributed by atoms with Gasteiger partial charge in [0.15, 0.2) is 5.69 Å². The highest BCUT2D eigenvalue weighted by Gasteiger charge is 2.20. The molecule has 0 saturated carbocycles. The highest BCUT2D eigenvalue weighted by molar-refractivity contribution is 5.94. The van der Waals surface area contributed by atoms with Crippen molar-refractivity contribution in [1.82, 2.24) is 14.7 Å². The maximum atomic E-state index is 11.3. The maximum absolute atomic E-state index is 11.3. The van der Waals surface area contributed by atoms with Crippen LogP contribution in [0.2, 0.25) is 0 Å². The standard InChI is InChI=1S/C14H18N4O2/c15-10-3-5-18-11(7-10)13(14(19)20)17-12(18)6-9-2-1-4-16-8-9/h3,5,7,9,16H,1-2,4,6,8,15H2,(H,19,20). The van der Waals surface area contributed by atoms with Crippen LogP contribution in [0.5, 0.6) is 0 Å². The number of nitrogens with zero attached hydrogens (tertiary/aromatic N) is 2. The van der Waals surface area contributed by atoms with E-state index in [2.05, 4.69) is 10.3 Å². The molecule has 1 aliphatic heterocycles. The SMILES string of the molecule is Nc1ccn2c(CC3CCCNC3)nc(C(=O)O)c2c1. The van der Waals surface area contributed by atoms with Crippen molar-refractivity contribution in [3.63, 3.8) is 0 Å². The number of nitrogens with one attached hydrogen (secondary N) is 1. The lowest BCUT2D eigenvalue weighted by Crippen LogP contribution is -2.31. The van der Waals surface area contributed by atoms with Gasteiger partial charge in [0.25, 0.3) is 0 Å². The molecule has 3 rings (SSSR count). The molecule has 2 aromatic rings. The van der Waals surface area contributed by atoms with Gasteiger partial charge < -0.3 is 20.6 Å². The summed E-state index contributed by atoms with van der Waals surface area (Å²) in [6.45, 7) is 2.03. The molecule has 0 bridgehead atoms. The summed E-state index contributed by atoms with van der Waals surface area (Å²) in [5, 5.41) is 12.6. The van der Waals surface area contributed by atoms with Gasteiger partial charge in [0.1, 0.15) is 5.82 Å². The lowest BCUT2D eigenvalue weighted by atomic mass is 9.96. The fourth-order valence-electron chi connectivity index (χ4n) is 2.82. The van der Waals surface area contributed by atoms with Crippen LogP contribution < -0.4 is 11.1 Å². The zero-order valence-corrected chi connectivity index (χ0v) is 11.2. The molecule has 0 aromatic carbocycles. The Hall–Kier alpha value is -2.08. The molecular formula is C14H18N4O2. The molecule has 3 heterocycles. The number of nitrogen functional groups attached to an aromatic ring is 1. The quantitative estimate of drug-likeness (QED) is 0.781. The van der Waals surface area contributed by atoms with Crippen molar-refractivity contribution >= 4 is 17.2 Å². The molecule has 4 N–H and O–H groups in total. The highest BCUT2D eigenvalue weighted by atomic mass is 16.4. The average Bonchev–Trinajstić information content (AvgIpc) is 2.78. The summed E-state index contributed by atoms with van der Waals surface area (Å²) in [6, 6.07) is 3.43. The number of nitrogens with two attached hydrogens (primary N) is 1. The number of aromatic carboxylic acids is 1. The largest absolute Gasteiger partial charge is 0.476 e. The first-order valence-corrected chi connectivity index (χ1v) is 6.85. The number of pyridine rings is 1. The van der Waals surface area contributed by atoms with Crippen molar-refractivity contribution in [1.29, 1.82) is 0 Å². The van der Waals surface area contributed by atoms with E-state index in [4.69, 9.17) is 5.73 Å². The van der Waals surface area contributed by atoms with Gasteiger partial charge in [0, 0.05) is 18.3 Å². The van der Waals surface area contributed by atoms with Crippen molar-refractivity contribution in [2.75, 3.05) is 18.8 Å². The maximum Gasteiger partial charge on any atom is 0.356 e. The third kappa shape index (κ3) is 2.34. The van der Waals surface area contributed by atoms with Gasteiger partial charge in [0.05, 0.1) is 5.52 Å². The molecule has 1 saturated heterocycles. The predicted octanol–water partition coefficient (Wildman–Crippen LogP) is 1.16. The van der Waals surface area contributed by atoms with E-state index in [-0.39, 0.29) is 5.69 Å². The van der Waals surface area contributed by atoms with Gasteiger partial charge >= 0.3 is 5.97 Å². The Balaban J connectivity index is 1.99. The first kappa shape index (κ1) is 12.9. The van der Waals surface area contributed by atoms with Crippen molar-refractivity contribution < 1.29 is 9.90 Å². The molecule has 6 heteroatoms. The first-order chi connectivity index (χ1) is 9.65. The number of rotatable bonds is 3. The van der Waals surface area contributed by atoms with Gasteiger partial charge in [-0.05, 0) is 44.0 Å². The van der Waals surface area contributed by atoms with Gasteiger partial charge in [-0.15, -0.1) is 0 Å². The van der Waals surface area contributed by atoms with Crippen LogP contribution >= 0.6 is 0 Å². The van der Waals surface area contributed by atoms with Crippen molar-refractivity contribution in [3.05, 3.63) is 29.8 Å². The molecule has 0 radical (unpaired) electrons. The van der Waals surface area contributed by atoms with Crippen LogP contribution in [0.1, 0.15) is 29.2 Å². The molecule has 1 unspecified atom stereocenters. The molecule has 1 aliphatic rings. The van der Waals surface area contributed by atoms with E-state index in [0.717, 1.165) is 38.2 Å². The van der Waals surface area contributed by atoms with Crippen LogP contribution in [0.4, 0.5) is 5.69 Å². The molecule has 20 heavy (non-hydrogen) atoms. The molecule has 0 amide bonds. The number of carboxylic acid groups (broad SMARTS) is 1. The second kappa shape index (κ2) is 5.13. The van der Waals surface area contributed by atoms with Crippen LogP contribution in [-0.4, -0.2) is 33.6 Å². The number of carboxylic acids is 1. The number of hydrogen-bond donors (Lipinski definition) is 3. The van der Waals surface area contributed by atoms with Crippen molar-refractivity contribution in [3.8, 4) is 0 Å². The van der Waals surface area contributed by atoms with Crippen molar-refractivity contribution in [2.24, 2.45) is 5.92 Å². The Kier molecular flexibility index (Phi) is 3.31. The number of piperidine rings is 1. The number of imidazole rings is 1.